The molecule has 0 spiro atoms. The van der Waals surface area contributed by atoms with Gasteiger partial charge in [0.2, 0.25) is 0 Å². The van der Waals surface area contributed by atoms with Crippen molar-refractivity contribution in [1.82, 2.24) is 14.2 Å². The summed E-state index contributed by atoms with van der Waals surface area (Å²) in [4.78, 5) is 34.8. The van der Waals surface area contributed by atoms with Crippen LogP contribution < -0.4 is 11.1 Å². The van der Waals surface area contributed by atoms with Gasteiger partial charge in [0.15, 0.2) is 14.1 Å². The summed E-state index contributed by atoms with van der Waals surface area (Å²) < 4.78 is 16.3. The number of nitrogens with zero attached hydrogens (tertiary/aromatic N) is 2. The normalized spacial score (nSPS) is 13.3. The van der Waals surface area contributed by atoms with Crippen LogP contribution in [0.5, 0.6) is 0 Å². The van der Waals surface area contributed by atoms with E-state index in [0.717, 1.165) is 16.3 Å². The number of aromatic nitrogens is 3. The van der Waals surface area contributed by atoms with Crippen molar-refractivity contribution in [2.45, 2.75) is 38.9 Å². The van der Waals surface area contributed by atoms with Gasteiger partial charge in [0.1, 0.15) is 0 Å². The van der Waals surface area contributed by atoms with Crippen LogP contribution in [0.1, 0.15) is 20.8 Å². The quantitative estimate of drug-likeness (QED) is 0.390. The number of halogens is 1. The van der Waals surface area contributed by atoms with Gasteiger partial charge in [0, 0.05) is 22.4 Å². The van der Waals surface area contributed by atoms with E-state index >= 15 is 0 Å². The fourth-order valence-corrected chi connectivity index (χ4v) is 6.10. The molecule has 5 nitrogen and oxygen atoms in total. The summed E-state index contributed by atoms with van der Waals surface area (Å²) in [6.45, 7) is 10.0. The third-order valence-corrected chi connectivity index (χ3v) is 12.0. The molecule has 2 aromatic carbocycles. The standard InChI is InChI=1S/C23H22FN3O2Si/c1-23(2,3)30(4,5)27-21(28)14-10-13-12-8-6-7-9-16(12)26-19(13)20-17(14)18(22(27)29)15(24)11-25-20/h6-11,25H,1-5H3. The highest BCUT2D eigenvalue weighted by molar-refractivity contribution is 6.78. The van der Waals surface area contributed by atoms with E-state index in [0.29, 0.717) is 21.8 Å². The van der Waals surface area contributed by atoms with Crippen LogP contribution in [-0.2, 0) is 0 Å². The number of rotatable bonds is 1. The van der Waals surface area contributed by atoms with Crippen LogP contribution in [-0.4, -0.2) is 22.4 Å². The van der Waals surface area contributed by atoms with E-state index in [-0.39, 0.29) is 16.0 Å². The molecular weight excluding hydrogens is 397 g/mol. The third-order valence-electron chi connectivity index (χ3n) is 6.80. The molecule has 5 rings (SSSR count). The van der Waals surface area contributed by atoms with E-state index in [2.05, 4.69) is 9.97 Å². The summed E-state index contributed by atoms with van der Waals surface area (Å²) in [6, 6.07) is 9.46. The summed E-state index contributed by atoms with van der Waals surface area (Å²) in [5.74, 6) is -0.652. The van der Waals surface area contributed by atoms with Gasteiger partial charge >= 0.3 is 0 Å². The number of nitrogens with one attached hydrogen (secondary N) is 1. The molecule has 0 bridgehead atoms. The molecule has 1 N–H and O–H groups in total. The Bertz CT molecular complexity index is 1610. The zero-order valence-corrected chi connectivity index (χ0v) is 18.6. The van der Waals surface area contributed by atoms with Crippen molar-refractivity contribution in [2.75, 3.05) is 0 Å². The van der Waals surface area contributed by atoms with Gasteiger partial charge in [-0.25, -0.2) is 9.37 Å². The molecular formula is C23H22FN3O2Si. The minimum atomic E-state index is -2.60. The summed E-state index contributed by atoms with van der Waals surface area (Å²) in [5, 5.41) is 2.11. The lowest BCUT2D eigenvalue weighted by molar-refractivity contribution is 0.632. The Morgan fingerprint density at radius 3 is 2.40 bits per heavy atom. The molecule has 0 saturated heterocycles. The summed E-state index contributed by atoms with van der Waals surface area (Å²) >= 11 is 0. The molecule has 3 aromatic heterocycles. The summed E-state index contributed by atoms with van der Waals surface area (Å²) in [7, 11) is -2.60. The fourth-order valence-electron chi connectivity index (χ4n) is 4.19. The number of hydrogen-bond acceptors (Lipinski definition) is 3. The first kappa shape index (κ1) is 18.9. The maximum absolute atomic E-state index is 15.0. The summed E-state index contributed by atoms with van der Waals surface area (Å²) in [6.07, 6.45) is 1.19. The van der Waals surface area contributed by atoms with Crippen LogP contribution in [0.4, 0.5) is 4.39 Å². The maximum atomic E-state index is 15.0. The number of hydrogen-bond donors (Lipinski definition) is 1. The zero-order valence-electron chi connectivity index (χ0n) is 17.6. The fraction of sp³-hybridized carbons (Fsp3) is 0.261. The molecule has 30 heavy (non-hydrogen) atoms. The van der Waals surface area contributed by atoms with Crippen molar-refractivity contribution < 1.29 is 4.39 Å². The Hall–Kier alpha value is -3.06. The molecule has 0 radical (unpaired) electrons. The molecule has 3 heterocycles. The van der Waals surface area contributed by atoms with Crippen LogP contribution in [0.15, 0.2) is 46.1 Å². The van der Waals surface area contributed by atoms with Gasteiger partial charge < -0.3 is 9.22 Å². The lowest BCUT2D eigenvalue weighted by atomic mass is 10.0. The van der Waals surface area contributed by atoms with E-state index in [9.17, 15) is 14.0 Å². The number of aromatic amines is 1. The second kappa shape index (κ2) is 5.76. The van der Waals surface area contributed by atoms with Crippen molar-refractivity contribution in [3.05, 3.63) is 63.1 Å². The van der Waals surface area contributed by atoms with Crippen molar-refractivity contribution in [3.8, 4) is 0 Å². The van der Waals surface area contributed by atoms with Gasteiger partial charge in [-0.3, -0.25) is 9.59 Å². The largest absolute Gasteiger partial charge is 0.357 e. The van der Waals surface area contributed by atoms with Gasteiger partial charge in [0.25, 0.3) is 11.1 Å². The average molecular weight is 420 g/mol. The minimum Gasteiger partial charge on any atom is -0.357 e. The highest BCUT2D eigenvalue weighted by atomic mass is 28.3. The van der Waals surface area contributed by atoms with Crippen LogP contribution in [0.3, 0.4) is 0 Å². The molecule has 0 amide bonds. The van der Waals surface area contributed by atoms with E-state index in [1.165, 1.54) is 10.4 Å². The SMILES string of the molecule is CC(C)(C)[Si](C)(C)n1c(=O)c2cc3c4ccccc4nc3c3[nH]cc(F)c(c1=O)c23. The molecule has 7 heteroatoms. The Morgan fingerprint density at radius 2 is 1.70 bits per heavy atom. The molecule has 0 aliphatic carbocycles. The van der Waals surface area contributed by atoms with Crippen LogP contribution in [0.25, 0.3) is 43.5 Å². The zero-order chi connectivity index (χ0) is 21.6. The number of fused-ring (bicyclic) bond motifs is 4. The van der Waals surface area contributed by atoms with Crippen LogP contribution in [0.2, 0.25) is 18.1 Å². The molecule has 0 saturated carbocycles. The van der Waals surface area contributed by atoms with Gasteiger partial charge in [-0.05, 0) is 17.2 Å². The summed E-state index contributed by atoms with van der Waals surface area (Å²) in [5.41, 5.74) is 1.05. The lowest BCUT2D eigenvalue weighted by Gasteiger charge is -2.37. The molecule has 0 unspecified atom stereocenters. The predicted molar refractivity (Wildman–Crippen MR) is 123 cm³/mol. The van der Waals surface area contributed by atoms with Crippen molar-refractivity contribution in [3.63, 3.8) is 0 Å². The second-order valence-electron chi connectivity index (χ2n) is 9.47. The average Bonchev–Trinajstić information content (AvgIpc) is 3.04. The minimum absolute atomic E-state index is 0.0443. The first-order chi connectivity index (χ1) is 14.0. The molecule has 152 valence electrons. The first-order valence-corrected chi connectivity index (χ1v) is 12.9. The predicted octanol–water partition coefficient (Wildman–Crippen LogP) is 4.97. The number of H-pyrrole nitrogens is 1. The lowest BCUT2D eigenvalue weighted by Crippen LogP contribution is -2.56. The van der Waals surface area contributed by atoms with Crippen LogP contribution in [0, 0.1) is 5.82 Å². The van der Waals surface area contributed by atoms with Crippen molar-refractivity contribution >= 4 is 51.7 Å². The van der Waals surface area contributed by atoms with E-state index in [1.807, 2.05) is 58.1 Å². The highest BCUT2D eigenvalue weighted by Gasteiger charge is 2.41. The molecule has 0 fully saturated rings. The Balaban J connectivity index is 2.12. The Kier molecular flexibility index (Phi) is 3.63. The van der Waals surface area contributed by atoms with Gasteiger partial charge in [0.05, 0.1) is 27.3 Å². The van der Waals surface area contributed by atoms with Crippen LogP contribution >= 0.6 is 0 Å². The van der Waals surface area contributed by atoms with Crippen molar-refractivity contribution in [1.29, 1.82) is 0 Å². The smallest absolute Gasteiger partial charge is 0.256 e. The van der Waals surface area contributed by atoms with Gasteiger partial charge in [-0.15, -0.1) is 0 Å². The Labute approximate surface area is 172 Å². The Morgan fingerprint density at radius 1 is 1.00 bits per heavy atom. The third kappa shape index (κ3) is 2.24. The van der Waals surface area contributed by atoms with Gasteiger partial charge in [-0.2, -0.15) is 0 Å². The molecule has 0 aliphatic rings. The van der Waals surface area contributed by atoms with E-state index in [4.69, 9.17) is 0 Å². The number of benzene rings is 2. The molecule has 0 aliphatic heterocycles. The highest BCUT2D eigenvalue weighted by Crippen LogP contribution is 2.38. The first-order valence-electron chi connectivity index (χ1n) is 9.95. The molecule has 0 atom stereocenters. The monoisotopic (exact) mass is 419 g/mol. The molecule has 5 aromatic rings. The maximum Gasteiger partial charge on any atom is 0.256 e. The number of para-hydroxylation sites is 1. The van der Waals surface area contributed by atoms with E-state index in [1.54, 1.807) is 6.07 Å². The number of pyridine rings is 2. The van der Waals surface area contributed by atoms with E-state index < -0.39 is 19.6 Å². The van der Waals surface area contributed by atoms with Gasteiger partial charge in [-0.1, -0.05) is 52.1 Å². The van der Waals surface area contributed by atoms with Crippen molar-refractivity contribution in [2.24, 2.45) is 0 Å². The second-order valence-corrected chi connectivity index (χ2v) is 14.5. The topological polar surface area (TPSA) is 67.8 Å².